The standard InChI is InChI=1S/C19H28O3/c1-12-17-14(16(21)10-11-19(17,2)18(12)22)8-9-15(20)13-6-4-3-5-7-13/h12-17,20-21H,3-7,10-11H2,1-2H3/t12?,14-,15+,16+,17+,19-/m0/s1. The molecule has 3 fully saturated rings. The Balaban J connectivity index is 1.73. The minimum atomic E-state index is -0.577. The lowest BCUT2D eigenvalue weighted by Crippen LogP contribution is -2.62. The maximum atomic E-state index is 12.2. The van der Waals surface area contributed by atoms with Crippen LogP contribution in [0.1, 0.15) is 58.8 Å². The van der Waals surface area contributed by atoms with Crippen LogP contribution in [0.3, 0.4) is 0 Å². The minimum Gasteiger partial charge on any atom is -0.392 e. The van der Waals surface area contributed by atoms with E-state index in [9.17, 15) is 15.0 Å². The van der Waals surface area contributed by atoms with Crippen LogP contribution in [0.5, 0.6) is 0 Å². The maximum Gasteiger partial charge on any atom is 0.142 e. The summed E-state index contributed by atoms with van der Waals surface area (Å²) < 4.78 is 0. The minimum absolute atomic E-state index is 0.00827. The Bertz CT molecular complexity index is 497. The lowest BCUT2D eigenvalue weighted by molar-refractivity contribution is -0.169. The first-order chi connectivity index (χ1) is 10.4. The van der Waals surface area contributed by atoms with Gasteiger partial charge in [-0.25, -0.2) is 0 Å². The van der Waals surface area contributed by atoms with Gasteiger partial charge in [0.15, 0.2) is 0 Å². The van der Waals surface area contributed by atoms with Gasteiger partial charge < -0.3 is 10.2 Å². The summed E-state index contributed by atoms with van der Waals surface area (Å²) in [5, 5.41) is 20.7. The molecule has 0 radical (unpaired) electrons. The number of hydrogen-bond acceptors (Lipinski definition) is 3. The Morgan fingerprint density at radius 1 is 1.23 bits per heavy atom. The zero-order chi connectivity index (χ0) is 15.9. The molecule has 22 heavy (non-hydrogen) atoms. The lowest BCUT2D eigenvalue weighted by Gasteiger charge is -2.57. The summed E-state index contributed by atoms with van der Waals surface area (Å²) in [5.74, 6) is 6.78. The van der Waals surface area contributed by atoms with Gasteiger partial charge in [-0.1, -0.05) is 45.0 Å². The van der Waals surface area contributed by atoms with E-state index in [0.29, 0.717) is 12.2 Å². The lowest BCUT2D eigenvalue weighted by atomic mass is 9.45. The highest BCUT2D eigenvalue weighted by Gasteiger charge is 2.62. The molecule has 122 valence electrons. The van der Waals surface area contributed by atoms with Crippen LogP contribution in [0.25, 0.3) is 0 Å². The predicted molar refractivity (Wildman–Crippen MR) is 84.9 cm³/mol. The molecule has 3 heteroatoms. The number of aliphatic hydroxyl groups excluding tert-OH is 2. The van der Waals surface area contributed by atoms with E-state index in [-0.39, 0.29) is 29.1 Å². The van der Waals surface area contributed by atoms with E-state index >= 15 is 0 Å². The predicted octanol–water partition coefficient (Wildman–Crippen LogP) is 2.54. The molecule has 2 N–H and O–H groups in total. The highest BCUT2D eigenvalue weighted by molar-refractivity contribution is 5.93. The first-order valence-electron chi connectivity index (χ1n) is 8.86. The van der Waals surface area contributed by atoms with E-state index in [4.69, 9.17) is 0 Å². The molecule has 1 unspecified atom stereocenters. The van der Waals surface area contributed by atoms with Crippen LogP contribution < -0.4 is 0 Å². The van der Waals surface area contributed by atoms with Crippen molar-refractivity contribution in [2.75, 3.05) is 0 Å². The van der Waals surface area contributed by atoms with E-state index < -0.39 is 12.2 Å². The zero-order valence-corrected chi connectivity index (χ0v) is 13.7. The average Bonchev–Trinajstić information content (AvgIpc) is 2.55. The molecule has 0 aromatic carbocycles. The smallest absolute Gasteiger partial charge is 0.142 e. The molecule has 3 rings (SSSR count). The Hall–Kier alpha value is -0.850. The summed E-state index contributed by atoms with van der Waals surface area (Å²) in [7, 11) is 0. The van der Waals surface area contributed by atoms with Crippen molar-refractivity contribution in [3.05, 3.63) is 0 Å². The molecular formula is C19H28O3. The van der Waals surface area contributed by atoms with Gasteiger partial charge >= 0.3 is 0 Å². The third-order valence-corrected chi connectivity index (χ3v) is 6.51. The molecule has 0 spiro atoms. The summed E-state index contributed by atoms with van der Waals surface area (Å²) in [4.78, 5) is 12.2. The van der Waals surface area contributed by atoms with Gasteiger partial charge in [0.2, 0.25) is 0 Å². The topological polar surface area (TPSA) is 57.5 Å². The molecule has 0 amide bonds. The van der Waals surface area contributed by atoms with Crippen molar-refractivity contribution in [3.63, 3.8) is 0 Å². The fourth-order valence-electron chi connectivity index (χ4n) is 5.10. The van der Waals surface area contributed by atoms with Gasteiger partial charge in [-0.15, -0.1) is 0 Å². The molecule has 0 saturated heterocycles. The second-order valence-corrected chi connectivity index (χ2v) is 7.86. The summed E-state index contributed by atoms with van der Waals surface area (Å²) in [6, 6.07) is 0. The highest BCUT2D eigenvalue weighted by atomic mass is 16.3. The number of carbonyl (C=O) groups is 1. The van der Waals surface area contributed by atoms with Crippen LogP contribution in [0.2, 0.25) is 0 Å². The number of fused-ring (bicyclic) bond motifs is 1. The third-order valence-electron chi connectivity index (χ3n) is 6.51. The van der Waals surface area contributed by atoms with Gasteiger partial charge in [-0.3, -0.25) is 4.79 Å². The molecule has 3 nitrogen and oxygen atoms in total. The Morgan fingerprint density at radius 2 is 1.91 bits per heavy atom. The van der Waals surface area contributed by atoms with Crippen molar-refractivity contribution < 1.29 is 15.0 Å². The fraction of sp³-hybridized carbons (Fsp3) is 0.842. The number of hydrogen-bond donors (Lipinski definition) is 2. The zero-order valence-electron chi connectivity index (χ0n) is 13.7. The Labute approximate surface area is 133 Å². The fourth-order valence-corrected chi connectivity index (χ4v) is 5.10. The van der Waals surface area contributed by atoms with Crippen LogP contribution in [0.4, 0.5) is 0 Å². The van der Waals surface area contributed by atoms with Gasteiger partial charge in [-0.05, 0) is 37.5 Å². The Morgan fingerprint density at radius 3 is 2.59 bits per heavy atom. The van der Waals surface area contributed by atoms with Crippen LogP contribution in [0, 0.1) is 40.9 Å². The largest absolute Gasteiger partial charge is 0.392 e. The number of Topliss-reactive ketones (excluding diaryl/α,β-unsaturated/α-hetero) is 1. The number of ketones is 1. The van der Waals surface area contributed by atoms with Crippen molar-refractivity contribution in [2.45, 2.75) is 71.0 Å². The van der Waals surface area contributed by atoms with Gasteiger partial charge in [-0.2, -0.15) is 0 Å². The first kappa shape index (κ1) is 16.0. The number of rotatable bonds is 1. The molecule has 3 aliphatic carbocycles. The molecular weight excluding hydrogens is 276 g/mol. The summed E-state index contributed by atoms with van der Waals surface area (Å²) in [5.41, 5.74) is -0.298. The second kappa shape index (κ2) is 5.98. The number of aliphatic hydroxyl groups is 2. The van der Waals surface area contributed by atoms with Crippen molar-refractivity contribution in [1.82, 2.24) is 0 Å². The molecule has 0 aromatic rings. The van der Waals surface area contributed by atoms with Crippen LogP contribution >= 0.6 is 0 Å². The molecule has 6 atom stereocenters. The van der Waals surface area contributed by atoms with Gasteiger partial charge in [0.1, 0.15) is 11.9 Å². The van der Waals surface area contributed by atoms with Gasteiger partial charge in [0.25, 0.3) is 0 Å². The second-order valence-electron chi connectivity index (χ2n) is 7.86. The molecule has 0 aromatic heterocycles. The van der Waals surface area contributed by atoms with Crippen molar-refractivity contribution in [2.24, 2.45) is 29.1 Å². The van der Waals surface area contributed by atoms with Crippen LogP contribution in [-0.4, -0.2) is 28.2 Å². The molecule has 3 saturated carbocycles. The quantitative estimate of drug-likeness (QED) is 0.732. The van der Waals surface area contributed by atoms with E-state index in [1.54, 1.807) is 0 Å². The Kier molecular flexibility index (Phi) is 4.36. The number of carbonyl (C=O) groups excluding carboxylic acids is 1. The SMILES string of the molecule is CC1C(=O)[C@@]2(C)CC[C@@H](O)[C@H](C#C[C@@H](O)C3CCCCC3)[C@@H]12. The molecule has 0 aliphatic heterocycles. The molecule has 0 heterocycles. The monoisotopic (exact) mass is 304 g/mol. The summed E-state index contributed by atoms with van der Waals surface area (Å²) >= 11 is 0. The normalized spacial score (nSPS) is 43.5. The van der Waals surface area contributed by atoms with Crippen molar-refractivity contribution in [1.29, 1.82) is 0 Å². The van der Waals surface area contributed by atoms with Gasteiger partial charge in [0, 0.05) is 11.3 Å². The van der Waals surface area contributed by atoms with Gasteiger partial charge in [0.05, 0.1) is 12.0 Å². The van der Waals surface area contributed by atoms with Crippen molar-refractivity contribution >= 4 is 5.78 Å². The van der Waals surface area contributed by atoms with Crippen LogP contribution in [0.15, 0.2) is 0 Å². The highest BCUT2D eigenvalue weighted by Crippen LogP contribution is 2.57. The first-order valence-corrected chi connectivity index (χ1v) is 8.86. The maximum absolute atomic E-state index is 12.2. The summed E-state index contributed by atoms with van der Waals surface area (Å²) in [6.45, 7) is 3.98. The van der Waals surface area contributed by atoms with Crippen molar-refractivity contribution in [3.8, 4) is 11.8 Å². The molecule has 3 aliphatic rings. The van der Waals surface area contributed by atoms with Crippen LogP contribution in [-0.2, 0) is 4.79 Å². The summed E-state index contributed by atoms with van der Waals surface area (Å²) in [6.07, 6.45) is 6.11. The molecule has 0 bridgehead atoms. The van der Waals surface area contributed by atoms with E-state index in [0.717, 1.165) is 19.3 Å². The van der Waals surface area contributed by atoms with E-state index in [1.807, 2.05) is 13.8 Å². The van der Waals surface area contributed by atoms with E-state index in [2.05, 4.69) is 11.8 Å². The van der Waals surface area contributed by atoms with E-state index in [1.165, 1.54) is 19.3 Å². The third kappa shape index (κ3) is 2.51. The average molecular weight is 304 g/mol.